The van der Waals surface area contributed by atoms with Crippen LogP contribution < -0.4 is 15.1 Å². The molecule has 1 aromatic carbocycles. The van der Waals surface area contributed by atoms with Crippen LogP contribution in [0.3, 0.4) is 0 Å². The number of para-hydroxylation sites is 1. The summed E-state index contributed by atoms with van der Waals surface area (Å²) in [5.41, 5.74) is 4.16. The first-order valence-electron chi connectivity index (χ1n) is 11.2. The Labute approximate surface area is 188 Å². The molecular formula is C25H28N4O3. The smallest absolute Gasteiger partial charge is 0.255 e. The highest BCUT2D eigenvalue weighted by atomic mass is 16.5. The number of hydrogen-bond donors (Lipinski definition) is 1. The number of anilines is 2. The summed E-state index contributed by atoms with van der Waals surface area (Å²) >= 11 is 0. The van der Waals surface area contributed by atoms with Crippen LogP contribution in [0, 0.1) is 0 Å². The van der Waals surface area contributed by atoms with E-state index in [4.69, 9.17) is 9.15 Å². The highest BCUT2D eigenvalue weighted by Gasteiger charge is 2.28. The Balaban J connectivity index is 1.25. The normalized spacial score (nSPS) is 18.0. The zero-order chi connectivity index (χ0) is 21.9. The fourth-order valence-corrected chi connectivity index (χ4v) is 4.50. The molecule has 0 saturated carbocycles. The lowest BCUT2D eigenvalue weighted by molar-refractivity contribution is 0.0949. The third-order valence-electron chi connectivity index (χ3n) is 6.25. The molecule has 1 fully saturated rings. The Morgan fingerprint density at radius 2 is 2.03 bits per heavy atom. The van der Waals surface area contributed by atoms with Gasteiger partial charge in [-0.1, -0.05) is 18.2 Å². The minimum atomic E-state index is -0.126. The Hall–Kier alpha value is -3.32. The summed E-state index contributed by atoms with van der Waals surface area (Å²) in [6.07, 6.45) is 4.40. The number of pyridine rings is 1. The van der Waals surface area contributed by atoms with Gasteiger partial charge in [0.1, 0.15) is 11.6 Å². The van der Waals surface area contributed by atoms with Gasteiger partial charge in [-0.2, -0.15) is 0 Å². The number of morpholine rings is 1. The van der Waals surface area contributed by atoms with Crippen molar-refractivity contribution in [2.45, 2.75) is 32.5 Å². The van der Waals surface area contributed by atoms with Gasteiger partial charge in [-0.05, 0) is 48.7 Å². The van der Waals surface area contributed by atoms with Crippen molar-refractivity contribution in [3.8, 4) is 0 Å². The average molecular weight is 433 g/mol. The molecule has 7 heteroatoms. The third kappa shape index (κ3) is 4.21. The lowest BCUT2D eigenvalue weighted by Gasteiger charge is -2.28. The molecule has 3 aromatic rings. The number of ether oxygens (including phenoxy) is 1. The van der Waals surface area contributed by atoms with E-state index in [1.54, 1.807) is 18.5 Å². The van der Waals surface area contributed by atoms with Crippen molar-refractivity contribution in [3.05, 3.63) is 77.4 Å². The summed E-state index contributed by atoms with van der Waals surface area (Å²) < 4.78 is 11.1. The molecule has 0 bridgehead atoms. The largest absolute Gasteiger partial charge is 0.467 e. The van der Waals surface area contributed by atoms with Crippen molar-refractivity contribution < 1.29 is 13.9 Å². The van der Waals surface area contributed by atoms with Crippen LogP contribution in [-0.2, 0) is 24.2 Å². The van der Waals surface area contributed by atoms with E-state index in [1.807, 2.05) is 12.1 Å². The van der Waals surface area contributed by atoms with Crippen LogP contribution in [0.15, 0.2) is 59.3 Å². The lowest BCUT2D eigenvalue weighted by Crippen LogP contribution is -2.36. The van der Waals surface area contributed by atoms with Gasteiger partial charge in [0.2, 0.25) is 0 Å². The minimum absolute atomic E-state index is 0.126. The van der Waals surface area contributed by atoms with Crippen molar-refractivity contribution in [2.24, 2.45) is 0 Å². The van der Waals surface area contributed by atoms with Crippen LogP contribution in [0.1, 0.15) is 34.2 Å². The quantitative estimate of drug-likeness (QED) is 0.644. The van der Waals surface area contributed by atoms with Gasteiger partial charge in [-0.3, -0.25) is 4.79 Å². The van der Waals surface area contributed by atoms with Crippen molar-refractivity contribution in [2.75, 3.05) is 36.1 Å². The maximum absolute atomic E-state index is 13.0. The maximum Gasteiger partial charge on any atom is 0.255 e. The maximum atomic E-state index is 13.0. The highest BCUT2D eigenvalue weighted by molar-refractivity contribution is 5.95. The standard InChI is InChI=1S/C25H28N4O3/c1-18-14-20-4-2-3-5-22(20)29(18)17-23-21(7-11-32-23)25(30)27-16-19-6-8-26-24(15-19)28-9-12-31-13-10-28/h2-8,11,15,18H,9-10,12-14,16-17H2,1H3,(H,27,30). The zero-order valence-corrected chi connectivity index (χ0v) is 18.3. The van der Waals surface area contributed by atoms with E-state index < -0.39 is 0 Å². The second kappa shape index (κ2) is 9.04. The number of carbonyl (C=O) groups is 1. The number of carbonyl (C=O) groups excluding carboxylic acids is 1. The predicted octanol–water partition coefficient (Wildman–Crippen LogP) is 3.39. The van der Waals surface area contributed by atoms with Gasteiger partial charge in [0, 0.05) is 37.6 Å². The van der Waals surface area contributed by atoms with Gasteiger partial charge in [0.05, 0.1) is 31.6 Å². The fourth-order valence-electron chi connectivity index (χ4n) is 4.50. The molecule has 1 unspecified atom stereocenters. The number of amides is 1. The van der Waals surface area contributed by atoms with Crippen LogP contribution in [0.25, 0.3) is 0 Å². The van der Waals surface area contributed by atoms with E-state index in [9.17, 15) is 4.79 Å². The van der Waals surface area contributed by atoms with Crippen molar-refractivity contribution in [3.63, 3.8) is 0 Å². The molecule has 2 aliphatic heterocycles. The Bertz CT molecular complexity index is 1090. The number of nitrogens with one attached hydrogen (secondary N) is 1. The number of furan rings is 1. The predicted molar refractivity (Wildman–Crippen MR) is 123 cm³/mol. The van der Waals surface area contributed by atoms with Gasteiger partial charge >= 0.3 is 0 Å². The van der Waals surface area contributed by atoms with E-state index >= 15 is 0 Å². The Morgan fingerprint density at radius 1 is 1.19 bits per heavy atom. The summed E-state index contributed by atoms with van der Waals surface area (Å²) in [5.74, 6) is 1.49. The molecular weight excluding hydrogens is 404 g/mol. The van der Waals surface area contributed by atoms with Crippen LogP contribution in [0.5, 0.6) is 0 Å². The summed E-state index contributed by atoms with van der Waals surface area (Å²) in [5, 5.41) is 3.04. The molecule has 7 nitrogen and oxygen atoms in total. The number of benzene rings is 1. The summed E-state index contributed by atoms with van der Waals surface area (Å²) in [6, 6.07) is 14.5. The monoisotopic (exact) mass is 432 g/mol. The van der Waals surface area contributed by atoms with E-state index in [2.05, 4.69) is 51.3 Å². The number of hydrogen-bond acceptors (Lipinski definition) is 6. The molecule has 32 heavy (non-hydrogen) atoms. The van der Waals surface area contributed by atoms with Crippen molar-refractivity contribution >= 4 is 17.4 Å². The van der Waals surface area contributed by atoms with E-state index in [0.29, 0.717) is 43.7 Å². The van der Waals surface area contributed by atoms with Crippen LogP contribution in [-0.4, -0.2) is 43.2 Å². The first kappa shape index (κ1) is 20.6. The first-order valence-corrected chi connectivity index (χ1v) is 11.2. The van der Waals surface area contributed by atoms with Crippen molar-refractivity contribution in [1.82, 2.24) is 10.3 Å². The summed E-state index contributed by atoms with van der Waals surface area (Å²) in [4.78, 5) is 21.9. The summed E-state index contributed by atoms with van der Waals surface area (Å²) in [7, 11) is 0. The Kier molecular flexibility index (Phi) is 5.81. The topological polar surface area (TPSA) is 70.8 Å². The van der Waals surface area contributed by atoms with Crippen LogP contribution in [0.2, 0.25) is 0 Å². The number of aromatic nitrogens is 1. The Morgan fingerprint density at radius 3 is 2.91 bits per heavy atom. The molecule has 1 N–H and O–H groups in total. The van der Waals surface area contributed by atoms with Crippen LogP contribution >= 0.6 is 0 Å². The van der Waals surface area contributed by atoms with Gasteiger partial charge in [-0.15, -0.1) is 0 Å². The van der Waals surface area contributed by atoms with Gasteiger partial charge < -0.3 is 24.3 Å². The number of nitrogens with zero attached hydrogens (tertiary/aromatic N) is 3. The second-order valence-electron chi connectivity index (χ2n) is 8.37. The fraction of sp³-hybridized carbons (Fsp3) is 0.360. The minimum Gasteiger partial charge on any atom is -0.467 e. The number of fused-ring (bicyclic) bond motifs is 1. The van der Waals surface area contributed by atoms with Gasteiger partial charge in [-0.25, -0.2) is 4.98 Å². The third-order valence-corrected chi connectivity index (χ3v) is 6.25. The molecule has 2 aromatic heterocycles. The van der Waals surface area contributed by atoms with Crippen LogP contribution in [0.4, 0.5) is 11.5 Å². The average Bonchev–Trinajstić information content (AvgIpc) is 3.43. The highest BCUT2D eigenvalue weighted by Crippen LogP contribution is 2.33. The van der Waals surface area contributed by atoms with E-state index in [1.165, 1.54) is 11.3 Å². The molecule has 5 rings (SSSR count). The molecule has 0 spiro atoms. The molecule has 4 heterocycles. The molecule has 1 saturated heterocycles. The molecule has 2 aliphatic rings. The second-order valence-corrected chi connectivity index (χ2v) is 8.37. The van der Waals surface area contributed by atoms with E-state index in [-0.39, 0.29) is 5.91 Å². The lowest BCUT2D eigenvalue weighted by atomic mass is 10.1. The molecule has 1 atom stereocenters. The van der Waals surface area contributed by atoms with Crippen molar-refractivity contribution in [1.29, 1.82) is 0 Å². The van der Waals surface area contributed by atoms with Gasteiger partial charge in [0.15, 0.2) is 0 Å². The number of rotatable bonds is 6. The molecule has 0 aliphatic carbocycles. The first-order chi connectivity index (χ1) is 15.7. The summed E-state index contributed by atoms with van der Waals surface area (Å²) in [6.45, 7) is 6.31. The molecule has 166 valence electrons. The SMILES string of the molecule is CC1Cc2ccccc2N1Cc1occc1C(=O)NCc1ccnc(N2CCOCC2)c1. The molecule has 1 amide bonds. The van der Waals surface area contributed by atoms with Gasteiger partial charge in [0.25, 0.3) is 5.91 Å². The molecule has 0 radical (unpaired) electrons. The zero-order valence-electron chi connectivity index (χ0n) is 18.3. The van der Waals surface area contributed by atoms with E-state index in [0.717, 1.165) is 30.9 Å².